The van der Waals surface area contributed by atoms with Gasteiger partial charge in [0.05, 0.1) is 11.0 Å². The first-order valence-electron chi connectivity index (χ1n) is 7.57. The van der Waals surface area contributed by atoms with Gasteiger partial charge in [0.25, 0.3) is 5.69 Å². The molecule has 1 heterocycles. The molecule has 0 aliphatic carbocycles. The predicted octanol–water partition coefficient (Wildman–Crippen LogP) is 3.17. The zero-order valence-corrected chi connectivity index (χ0v) is 12.8. The van der Waals surface area contributed by atoms with Crippen LogP contribution in [0.3, 0.4) is 0 Å². The van der Waals surface area contributed by atoms with Gasteiger partial charge in [-0.15, -0.1) is 0 Å². The van der Waals surface area contributed by atoms with Crippen molar-refractivity contribution in [1.82, 2.24) is 0 Å². The number of nitro benzene ring substituents is 1. The third-order valence-electron chi connectivity index (χ3n) is 4.27. The summed E-state index contributed by atoms with van der Waals surface area (Å²) in [5.41, 5.74) is 6.50. The Labute approximate surface area is 137 Å². The number of amides is 1. The van der Waals surface area contributed by atoms with Crippen LogP contribution in [0.15, 0.2) is 42.5 Å². The van der Waals surface area contributed by atoms with Gasteiger partial charge >= 0.3 is 0 Å². The maximum atomic E-state index is 13.1. The minimum Gasteiger partial charge on any atom is -0.366 e. The van der Waals surface area contributed by atoms with E-state index < -0.39 is 10.8 Å². The molecule has 2 aromatic rings. The van der Waals surface area contributed by atoms with Gasteiger partial charge < -0.3 is 10.6 Å². The van der Waals surface area contributed by atoms with Crippen LogP contribution in [0.25, 0.3) is 0 Å². The van der Waals surface area contributed by atoms with E-state index in [9.17, 15) is 19.3 Å². The number of anilines is 1. The highest BCUT2D eigenvalue weighted by Crippen LogP contribution is 2.40. The molecule has 2 N–H and O–H groups in total. The topological polar surface area (TPSA) is 89.5 Å². The third-order valence-corrected chi connectivity index (χ3v) is 4.27. The number of nitrogens with zero attached hydrogens (tertiary/aromatic N) is 2. The number of nitro groups is 1. The summed E-state index contributed by atoms with van der Waals surface area (Å²) in [4.78, 5) is 24.1. The number of rotatable bonds is 4. The van der Waals surface area contributed by atoms with Crippen LogP contribution in [0.5, 0.6) is 0 Å². The molecule has 6 nitrogen and oxygen atoms in total. The van der Waals surface area contributed by atoms with Gasteiger partial charge in [-0.3, -0.25) is 14.9 Å². The van der Waals surface area contributed by atoms with Crippen LogP contribution >= 0.6 is 0 Å². The second-order valence-electron chi connectivity index (χ2n) is 5.73. The molecule has 124 valence electrons. The van der Waals surface area contributed by atoms with Crippen molar-refractivity contribution in [1.29, 1.82) is 0 Å². The Bertz CT molecular complexity index is 792. The molecule has 7 heteroatoms. The normalized spacial score (nSPS) is 17.0. The van der Waals surface area contributed by atoms with Gasteiger partial charge in [0, 0.05) is 18.2 Å². The van der Waals surface area contributed by atoms with E-state index in [1.54, 1.807) is 18.2 Å². The van der Waals surface area contributed by atoms with Crippen molar-refractivity contribution in [2.24, 2.45) is 5.73 Å². The molecule has 1 amide bonds. The lowest BCUT2D eigenvalue weighted by Crippen LogP contribution is -2.24. The van der Waals surface area contributed by atoms with Crippen LogP contribution < -0.4 is 10.6 Å². The summed E-state index contributed by atoms with van der Waals surface area (Å²) >= 11 is 0. The number of benzene rings is 2. The first kappa shape index (κ1) is 15.9. The molecule has 3 rings (SSSR count). The lowest BCUT2D eigenvalue weighted by Gasteiger charge is -2.27. The zero-order chi connectivity index (χ0) is 17.3. The average molecular weight is 329 g/mol. The van der Waals surface area contributed by atoms with Crippen molar-refractivity contribution in [2.45, 2.75) is 18.9 Å². The summed E-state index contributed by atoms with van der Waals surface area (Å²) < 4.78 is 13.1. The highest BCUT2D eigenvalue weighted by atomic mass is 19.1. The summed E-state index contributed by atoms with van der Waals surface area (Å²) in [6.45, 7) is 0.652. The van der Waals surface area contributed by atoms with Crippen molar-refractivity contribution in [3.63, 3.8) is 0 Å². The minimum atomic E-state index is -0.707. The first-order chi connectivity index (χ1) is 11.5. The van der Waals surface area contributed by atoms with E-state index in [0.29, 0.717) is 12.2 Å². The molecule has 0 bridgehead atoms. The van der Waals surface area contributed by atoms with Crippen molar-refractivity contribution in [3.8, 4) is 0 Å². The lowest BCUT2D eigenvalue weighted by atomic mass is 10.0. The van der Waals surface area contributed by atoms with E-state index in [0.717, 1.165) is 18.4 Å². The Kier molecular flexibility index (Phi) is 4.16. The quantitative estimate of drug-likeness (QED) is 0.689. The monoisotopic (exact) mass is 329 g/mol. The molecule has 1 aliphatic rings. The van der Waals surface area contributed by atoms with Gasteiger partial charge in [-0.2, -0.15) is 0 Å². The maximum Gasteiger partial charge on any atom is 0.293 e. The van der Waals surface area contributed by atoms with E-state index in [4.69, 9.17) is 5.73 Å². The largest absolute Gasteiger partial charge is 0.366 e. The van der Waals surface area contributed by atoms with Gasteiger partial charge in [-0.1, -0.05) is 12.1 Å². The Morgan fingerprint density at radius 3 is 2.58 bits per heavy atom. The fourth-order valence-electron chi connectivity index (χ4n) is 3.15. The Balaban J connectivity index is 2.02. The number of hydrogen-bond donors (Lipinski definition) is 1. The standard InChI is InChI=1S/C17H16FN3O3/c18-13-6-3-11(4-7-13)14-2-1-9-20(14)15-8-5-12(17(19)22)10-16(15)21(23)24/h3-8,10,14H,1-2,9H2,(H2,19,22). The highest BCUT2D eigenvalue weighted by Gasteiger charge is 2.31. The SMILES string of the molecule is NC(=O)c1ccc(N2CCCC2c2ccc(F)cc2)c([N+](=O)[O-])c1. The molecule has 1 unspecified atom stereocenters. The number of halogens is 1. The van der Waals surface area contributed by atoms with E-state index >= 15 is 0 Å². The van der Waals surface area contributed by atoms with Crippen LogP contribution in [0, 0.1) is 15.9 Å². The Hall–Kier alpha value is -2.96. The molecule has 24 heavy (non-hydrogen) atoms. The summed E-state index contributed by atoms with van der Waals surface area (Å²) in [6, 6.07) is 10.3. The minimum absolute atomic E-state index is 0.0660. The first-order valence-corrected chi connectivity index (χ1v) is 7.57. The molecule has 1 fully saturated rings. The summed E-state index contributed by atoms with van der Waals surface area (Å²) in [5, 5.41) is 11.4. The molecule has 1 saturated heterocycles. The molecule has 1 aliphatic heterocycles. The fourth-order valence-corrected chi connectivity index (χ4v) is 3.15. The smallest absolute Gasteiger partial charge is 0.293 e. The molecule has 0 saturated carbocycles. The molecular weight excluding hydrogens is 313 g/mol. The lowest BCUT2D eigenvalue weighted by molar-refractivity contribution is -0.384. The van der Waals surface area contributed by atoms with Crippen LogP contribution in [-0.4, -0.2) is 17.4 Å². The van der Waals surface area contributed by atoms with Gasteiger partial charge in [-0.25, -0.2) is 4.39 Å². The fraction of sp³-hybridized carbons (Fsp3) is 0.235. The summed E-state index contributed by atoms with van der Waals surface area (Å²) in [7, 11) is 0. The molecule has 0 aromatic heterocycles. The maximum absolute atomic E-state index is 13.1. The second kappa shape index (κ2) is 6.27. The average Bonchev–Trinajstić information content (AvgIpc) is 3.04. The predicted molar refractivity (Wildman–Crippen MR) is 87.3 cm³/mol. The molecular formula is C17H16FN3O3. The van der Waals surface area contributed by atoms with Crippen molar-refractivity contribution < 1.29 is 14.1 Å². The van der Waals surface area contributed by atoms with Gasteiger partial charge in [0.15, 0.2) is 0 Å². The van der Waals surface area contributed by atoms with Crippen LogP contribution in [0.1, 0.15) is 34.8 Å². The zero-order valence-electron chi connectivity index (χ0n) is 12.8. The number of hydrogen-bond acceptors (Lipinski definition) is 4. The number of nitrogens with two attached hydrogens (primary N) is 1. The Morgan fingerprint density at radius 1 is 1.25 bits per heavy atom. The van der Waals surface area contributed by atoms with Gasteiger partial charge in [-0.05, 0) is 42.7 Å². The molecule has 2 aromatic carbocycles. The Morgan fingerprint density at radius 2 is 1.96 bits per heavy atom. The molecule has 0 radical (unpaired) electrons. The van der Waals surface area contributed by atoms with E-state index in [2.05, 4.69) is 0 Å². The second-order valence-corrected chi connectivity index (χ2v) is 5.73. The van der Waals surface area contributed by atoms with Crippen LogP contribution in [-0.2, 0) is 0 Å². The van der Waals surface area contributed by atoms with Crippen molar-refractivity contribution in [2.75, 3.05) is 11.4 Å². The highest BCUT2D eigenvalue weighted by molar-refractivity contribution is 5.94. The van der Waals surface area contributed by atoms with E-state index in [-0.39, 0.29) is 23.1 Å². The number of carbonyl (C=O) groups excluding carboxylic acids is 1. The van der Waals surface area contributed by atoms with E-state index in [1.165, 1.54) is 24.3 Å². The van der Waals surface area contributed by atoms with E-state index in [1.807, 2.05) is 4.90 Å². The van der Waals surface area contributed by atoms with Crippen LogP contribution in [0.2, 0.25) is 0 Å². The van der Waals surface area contributed by atoms with Crippen molar-refractivity contribution >= 4 is 17.3 Å². The molecule has 0 spiro atoms. The summed E-state index contributed by atoms with van der Waals surface area (Å²) in [5.74, 6) is -1.03. The number of primary amides is 1. The third kappa shape index (κ3) is 2.92. The van der Waals surface area contributed by atoms with Crippen LogP contribution in [0.4, 0.5) is 15.8 Å². The van der Waals surface area contributed by atoms with Crippen molar-refractivity contribution in [3.05, 3.63) is 69.5 Å². The van der Waals surface area contributed by atoms with Gasteiger partial charge in [0.1, 0.15) is 11.5 Å². The number of carbonyl (C=O) groups is 1. The van der Waals surface area contributed by atoms with Gasteiger partial charge in [0.2, 0.25) is 5.91 Å². The molecule has 1 atom stereocenters. The summed E-state index contributed by atoms with van der Waals surface area (Å²) in [6.07, 6.45) is 1.69.